The number of aryl methyl sites for hydroxylation is 1. The van der Waals surface area contributed by atoms with Gasteiger partial charge in [-0.05, 0) is 39.3 Å². The van der Waals surface area contributed by atoms with Crippen molar-refractivity contribution >= 4 is 11.7 Å². The highest BCUT2D eigenvalue weighted by Gasteiger charge is 2.26. The van der Waals surface area contributed by atoms with Crippen LogP contribution in [-0.4, -0.2) is 36.3 Å². The van der Waals surface area contributed by atoms with Crippen LogP contribution in [0.15, 0.2) is 0 Å². The molecule has 0 fully saturated rings. The molecule has 1 atom stereocenters. The lowest BCUT2D eigenvalue weighted by Gasteiger charge is -2.11. The van der Waals surface area contributed by atoms with E-state index in [4.69, 9.17) is 0 Å². The molecule has 1 aromatic rings. The monoisotopic (exact) mass is 263 g/mol. The van der Waals surface area contributed by atoms with Gasteiger partial charge in [0.05, 0.1) is 0 Å². The van der Waals surface area contributed by atoms with Gasteiger partial charge in [0.1, 0.15) is 5.69 Å². The number of Topliss-reactive ketones (excluding diaryl/α,β-unsaturated/α-hetero) is 1. The minimum atomic E-state index is -0.137. The Balaban J connectivity index is 2.17. The molecule has 104 valence electrons. The number of amides is 1. The van der Waals surface area contributed by atoms with E-state index in [-0.39, 0.29) is 17.7 Å². The number of ketones is 1. The van der Waals surface area contributed by atoms with Gasteiger partial charge < -0.3 is 15.6 Å². The summed E-state index contributed by atoms with van der Waals surface area (Å²) in [7, 11) is 1.86. The summed E-state index contributed by atoms with van der Waals surface area (Å²) in [6, 6.07) is 0.218. The number of fused-ring (bicyclic) bond motifs is 1. The molecule has 2 rings (SSSR count). The van der Waals surface area contributed by atoms with E-state index in [0.717, 1.165) is 29.7 Å². The molecule has 1 heterocycles. The predicted molar refractivity (Wildman–Crippen MR) is 73.7 cm³/mol. The first-order valence-electron chi connectivity index (χ1n) is 6.74. The fourth-order valence-corrected chi connectivity index (χ4v) is 2.44. The van der Waals surface area contributed by atoms with E-state index in [2.05, 4.69) is 15.6 Å². The Labute approximate surface area is 113 Å². The summed E-state index contributed by atoms with van der Waals surface area (Å²) in [5, 5.41) is 5.93. The Hall–Kier alpha value is -1.62. The standard InChI is InChI=1S/C14H21N3O2/c1-8(15-3)7-16-14(19)13-9(2)12-10(17-13)5-4-6-11(12)18/h8,15,17H,4-7H2,1-3H3,(H,16,19). The quantitative estimate of drug-likeness (QED) is 0.763. The van der Waals surface area contributed by atoms with Crippen LogP contribution >= 0.6 is 0 Å². The van der Waals surface area contributed by atoms with Crippen LogP contribution < -0.4 is 10.6 Å². The lowest BCUT2D eigenvalue weighted by Crippen LogP contribution is -2.37. The fraction of sp³-hybridized carbons (Fsp3) is 0.571. The number of H-pyrrole nitrogens is 1. The Morgan fingerprint density at radius 3 is 2.79 bits per heavy atom. The largest absolute Gasteiger partial charge is 0.354 e. The first kappa shape index (κ1) is 13.8. The molecule has 0 radical (unpaired) electrons. The average molecular weight is 263 g/mol. The molecule has 0 spiro atoms. The Kier molecular flexibility index (Phi) is 4.04. The maximum atomic E-state index is 12.1. The molecule has 0 aliphatic heterocycles. The van der Waals surface area contributed by atoms with Crippen molar-refractivity contribution in [3.05, 3.63) is 22.5 Å². The third-order valence-electron chi connectivity index (χ3n) is 3.73. The summed E-state index contributed by atoms with van der Waals surface area (Å²) < 4.78 is 0. The number of nitrogens with one attached hydrogen (secondary N) is 3. The Bertz CT molecular complexity index is 505. The zero-order valence-electron chi connectivity index (χ0n) is 11.7. The van der Waals surface area contributed by atoms with E-state index >= 15 is 0 Å². The van der Waals surface area contributed by atoms with Crippen LogP contribution in [0.2, 0.25) is 0 Å². The summed E-state index contributed by atoms with van der Waals surface area (Å²) in [5.74, 6) is 0.0134. The first-order valence-corrected chi connectivity index (χ1v) is 6.74. The molecule has 1 amide bonds. The summed E-state index contributed by atoms with van der Waals surface area (Å²) >= 11 is 0. The van der Waals surface area contributed by atoms with Gasteiger partial charge in [-0.1, -0.05) is 0 Å². The predicted octanol–water partition coefficient (Wildman–Crippen LogP) is 1.18. The van der Waals surface area contributed by atoms with E-state index in [1.165, 1.54) is 0 Å². The van der Waals surface area contributed by atoms with Gasteiger partial charge in [-0.25, -0.2) is 0 Å². The smallest absolute Gasteiger partial charge is 0.268 e. The highest BCUT2D eigenvalue weighted by molar-refractivity contribution is 6.04. The molecule has 0 aromatic carbocycles. The molecule has 0 bridgehead atoms. The lowest BCUT2D eigenvalue weighted by molar-refractivity contribution is 0.0944. The van der Waals surface area contributed by atoms with Gasteiger partial charge >= 0.3 is 0 Å². The number of aromatic nitrogens is 1. The molecule has 1 aliphatic carbocycles. The molecule has 1 aliphatic rings. The number of carbonyl (C=O) groups is 2. The van der Waals surface area contributed by atoms with Crippen molar-refractivity contribution in [2.75, 3.05) is 13.6 Å². The van der Waals surface area contributed by atoms with Gasteiger partial charge in [0.15, 0.2) is 5.78 Å². The van der Waals surface area contributed by atoms with Gasteiger partial charge in [-0.3, -0.25) is 9.59 Å². The molecular formula is C14H21N3O2. The number of carbonyl (C=O) groups excluding carboxylic acids is 2. The number of likely N-dealkylation sites (N-methyl/N-ethyl adjacent to an activating group) is 1. The number of hydrogen-bond acceptors (Lipinski definition) is 3. The average Bonchev–Trinajstić information content (AvgIpc) is 2.74. The van der Waals surface area contributed by atoms with E-state index in [1.807, 2.05) is 20.9 Å². The highest BCUT2D eigenvalue weighted by Crippen LogP contribution is 2.26. The lowest BCUT2D eigenvalue weighted by atomic mass is 9.94. The fourth-order valence-electron chi connectivity index (χ4n) is 2.44. The topological polar surface area (TPSA) is 74.0 Å². The van der Waals surface area contributed by atoms with Crippen molar-refractivity contribution in [2.45, 2.75) is 39.2 Å². The van der Waals surface area contributed by atoms with Crippen LogP contribution in [-0.2, 0) is 6.42 Å². The Morgan fingerprint density at radius 2 is 2.16 bits per heavy atom. The maximum Gasteiger partial charge on any atom is 0.268 e. The van der Waals surface area contributed by atoms with Crippen LogP contribution in [0.4, 0.5) is 0 Å². The molecule has 0 saturated carbocycles. The minimum absolute atomic E-state index is 0.137. The van der Waals surface area contributed by atoms with Gasteiger partial charge in [0.2, 0.25) is 0 Å². The molecule has 5 heteroatoms. The van der Waals surface area contributed by atoms with Gasteiger partial charge in [0, 0.05) is 30.3 Å². The first-order chi connectivity index (χ1) is 9.04. The summed E-state index contributed by atoms with van der Waals surface area (Å²) in [6.07, 6.45) is 2.30. The number of hydrogen-bond donors (Lipinski definition) is 3. The van der Waals surface area contributed by atoms with Crippen LogP contribution in [0.25, 0.3) is 0 Å². The second-order valence-electron chi connectivity index (χ2n) is 5.16. The van der Waals surface area contributed by atoms with Crippen LogP contribution in [0, 0.1) is 6.92 Å². The summed E-state index contributed by atoms with van der Waals surface area (Å²) in [5.41, 5.74) is 2.97. The van der Waals surface area contributed by atoms with E-state index < -0.39 is 0 Å². The van der Waals surface area contributed by atoms with Crippen LogP contribution in [0.1, 0.15) is 51.9 Å². The van der Waals surface area contributed by atoms with Gasteiger partial charge in [0.25, 0.3) is 5.91 Å². The molecule has 19 heavy (non-hydrogen) atoms. The van der Waals surface area contributed by atoms with Crippen molar-refractivity contribution in [3.63, 3.8) is 0 Å². The molecule has 5 nitrogen and oxygen atoms in total. The minimum Gasteiger partial charge on any atom is -0.354 e. The SMILES string of the molecule is CNC(C)CNC(=O)c1[nH]c2c(c1C)C(=O)CCC2. The van der Waals surface area contributed by atoms with E-state index in [9.17, 15) is 9.59 Å². The van der Waals surface area contributed by atoms with Crippen molar-refractivity contribution in [2.24, 2.45) is 0 Å². The normalized spacial score (nSPS) is 16.1. The van der Waals surface area contributed by atoms with Crippen LogP contribution in [0.3, 0.4) is 0 Å². The second kappa shape index (κ2) is 5.57. The number of aromatic amines is 1. The molecule has 1 unspecified atom stereocenters. The third kappa shape index (κ3) is 2.71. The summed E-state index contributed by atoms with van der Waals surface area (Å²) in [6.45, 7) is 4.40. The third-order valence-corrected chi connectivity index (χ3v) is 3.73. The van der Waals surface area contributed by atoms with Crippen molar-refractivity contribution in [1.82, 2.24) is 15.6 Å². The summed E-state index contributed by atoms with van der Waals surface area (Å²) in [4.78, 5) is 27.1. The zero-order chi connectivity index (χ0) is 14.0. The Morgan fingerprint density at radius 1 is 1.42 bits per heavy atom. The van der Waals surface area contributed by atoms with Crippen LogP contribution in [0.5, 0.6) is 0 Å². The van der Waals surface area contributed by atoms with E-state index in [0.29, 0.717) is 18.7 Å². The van der Waals surface area contributed by atoms with Gasteiger partial charge in [-0.2, -0.15) is 0 Å². The van der Waals surface area contributed by atoms with Crippen molar-refractivity contribution in [3.8, 4) is 0 Å². The van der Waals surface area contributed by atoms with E-state index in [1.54, 1.807) is 0 Å². The highest BCUT2D eigenvalue weighted by atomic mass is 16.2. The number of rotatable bonds is 4. The second-order valence-corrected chi connectivity index (χ2v) is 5.16. The molecule has 0 saturated heterocycles. The molecule has 3 N–H and O–H groups in total. The maximum absolute atomic E-state index is 12.1. The van der Waals surface area contributed by atoms with Gasteiger partial charge in [-0.15, -0.1) is 0 Å². The van der Waals surface area contributed by atoms with Crippen molar-refractivity contribution < 1.29 is 9.59 Å². The molecule has 1 aromatic heterocycles. The zero-order valence-corrected chi connectivity index (χ0v) is 11.7. The van der Waals surface area contributed by atoms with Crippen molar-refractivity contribution in [1.29, 1.82) is 0 Å². The molecular weight excluding hydrogens is 242 g/mol.